The van der Waals surface area contributed by atoms with Crippen molar-refractivity contribution in [1.82, 2.24) is 0 Å². The molecule has 0 bridgehead atoms. The van der Waals surface area contributed by atoms with Crippen LogP contribution in [0.2, 0.25) is 0 Å². The minimum Gasteiger partial charge on any atom is -0.328 e. The molecule has 0 heterocycles. The van der Waals surface area contributed by atoms with Gasteiger partial charge in [-0.3, -0.25) is 0 Å². The van der Waals surface area contributed by atoms with Crippen molar-refractivity contribution in [2.75, 3.05) is 0 Å². The van der Waals surface area contributed by atoms with Crippen LogP contribution in [-0.2, 0) is 0 Å². The molecular weight excluding hydrogens is 182 g/mol. The van der Waals surface area contributed by atoms with Gasteiger partial charge in [-0.15, -0.1) is 0 Å². The van der Waals surface area contributed by atoms with Crippen molar-refractivity contribution in [1.29, 1.82) is 0 Å². The lowest BCUT2D eigenvalue weighted by Gasteiger charge is -2.26. The topological polar surface area (TPSA) is 26.0 Å². The van der Waals surface area contributed by atoms with Crippen molar-refractivity contribution in [2.24, 2.45) is 17.6 Å². The van der Waals surface area contributed by atoms with Gasteiger partial charge >= 0.3 is 0 Å². The maximum absolute atomic E-state index is 6.17. The molecule has 15 heavy (non-hydrogen) atoms. The molecule has 2 fully saturated rings. The number of nitrogens with two attached hydrogens (primary N) is 1. The molecule has 0 aromatic carbocycles. The molecule has 2 saturated carbocycles. The summed E-state index contributed by atoms with van der Waals surface area (Å²) in [5.74, 6) is 2.00. The van der Waals surface area contributed by atoms with E-state index >= 15 is 0 Å². The van der Waals surface area contributed by atoms with Gasteiger partial charge in [0, 0.05) is 6.04 Å². The maximum atomic E-state index is 6.17. The molecule has 1 nitrogen and oxygen atoms in total. The molecule has 2 aliphatic carbocycles. The van der Waals surface area contributed by atoms with E-state index in [1.807, 2.05) is 0 Å². The second-order valence-corrected chi connectivity index (χ2v) is 5.79. The Balaban J connectivity index is 1.88. The van der Waals surface area contributed by atoms with Crippen molar-refractivity contribution in [3.63, 3.8) is 0 Å². The summed E-state index contributed by atoms with van der Waals surface area (Å²) in [7, 11) is 0. The van der Waals surface area contributed by atoms with E-state index in [9.17, 15) is 0 Å². The molecule has 88 valence electrons. The molecule has 2 N–H and O–H groups in total. The van der Waals surface area contributed by atoms with Gasteiger partial charge in [0.2, 0.25) is 0 Å². The molecule has 0 spiro atoms. The first-order valence-electron chi connectivity index (χ1n) is 7.12. The average molecular weight is 209 g/mol. The first-order valence-corrected chi connectivity index (χ1v) is 7.12. The number of hydrogen-bond acceptors (Lipinski definition) is 1. The Bertz CT molecular complexity index is 170. The molecule has 0 aromatic rings. The van der Waals surface area contributed by atoms with Crippen molar-refractivity contribution in [2.45, 2.75) is 76.7 Å². The van der Waals surface area contributed by atoms with E-state index < -0.39 is 0 Å². The Morgan fingerprint density at radius 2 is 1.13 bits per heavy atom. The Morgan fingerprint density at radius 3 is 1.87 bits per heavy atom. The fraction of sp³-hybridized carbons (Fsp3) is 1.00. The summed E-state index contributed by atoms with van der Waals surface area (Å²) in [5, 5.41) is 0. The largest absolute Gasteiger partial charge is 0.328 e. The Hall–Kier alpha value is -0.0400. The molecule has 2 rings (SSSR count). The molecule has 0 amide bonds. The van der Waals surface area contributed by atoms with Crippen LogP contribution < -0.4 is 5.73 Å². The second kappa shape index (κ2) is 5.89. The van der Waals surface area contributed by atoms with Gasteiger partial charge in [-0.25, -0.2) is 0 Å². The van der Waals surface area contributed by atoms with Gasteiger partial charge in [-0.05, 0) is 24.7 Å². The van der Waals surface area contributed by atoms with Gasteiger partial charge in [0.15, 0.2) is 0 Å². The van der Waals surface area contributed by atoms with E-state index in [4.69, 9.17) is 5.73 Å². The highest BCUT2D eigenvalue weighted by Crippen LogP contribution is 2.36. The lowest BCUT2D eigenvalue weighted by atomic mass is 9.81. The van der Waals surface area contributed by atoms with Crippen LogP contribution in [0.25, 0.3) is 0 Å². The Morgan fingerprint density at radius 1 is 0.600 bits per heavy atom. The SMILES string of the molecule is NC1CCCCC(C2CCCCCC2)C1. The molecule has 2 unspecified atom stereocenters. The Kier molecular flexibility index (Phi) is 4.49. The van der Waals surface area contributed by atoms with Crippen LogP contribution in [0.3, 0.4) is 0 Å². The maximum Gasteiger partial charge on any atom is 0.00415 e. The smallest absolute Gasteiger partial charge is 0.00415 e. The van der Waals surface area contributed by atoms with Crippen LogP contribution >= 0.6 is 0 Å². The quantitative estimate of drug-likeness (QED) is 0.652. The average Bonchev–Trinajstić information content (AvgIpc) is 2.59. The summed E-state index contributed by atoms with van der Waals surface area (Å²) in [6, 6.07) is 0.515. The summed E-state index contributed by atoms with van der Waals surface area (Å²) >= 11 is 0. The molecule has 0 aromatic heterocycles. The van der Waals surface area contributed by atoms with E-state index in [1.54, 1.807) is 0 Å². The molecule has 2 atom stereocenters. The van der Waals surface area contributed by atoms with Crippen LogP contribution in [0.15, 0.2) is 0 Å². The van der Waals surface area contributed by atoms with Gasteiger partial charge in [0.25, 0.3) is 0 Å². The van der Waals surface area contributed by atoms with E-state index in [2.05, 4.69) is 0 Å². The fourth-order valence-electron chi connectivity index (χ4n) is 3.65. The fourth-order valence-corrected chi connectivity index (χ4v) is 3.65. The summed E-state index contributed by atoms with van der Waals surface area (Å²) < 4.78 is 0. The Labute approximate surface area is 94.8 Å². The van der Waals surface area contributed by atoms with Crippen LogP contribution in [0.1, 0.15) is 70.6 Å². The standard InChI is InChI=1S/C14H27N/c15-14-10-6-5-9-13(11-14)12-7-3-1-2-4-8-12/h12-14H,1-11,15H2. The predicted molar refractivity (Wildman–Crippen MR) is 65.7 cm³/mol. The zero-order chi connectivity index (χ0) is 10.5. The molecule has 2 aliphatic rings. The molecule has 0 aliphatic heterocycles. The normalized spacial score (nSPS) is 35.8. The minimum atomic E-state index is 0.515. The summed E-state index contributed by atoms with van der Waals surface area (Å²) in [4.78, 5) is 0. The third-order valence-corrected chi connectivity index (χ3v) is 4.57. The molecule has 0 saturated heterocycles. The van der Waals surface area contributed by atoms with Gasteiger partial charge in [0.05, 0.1) is 0 Å². The summed E-state index contributed by atoms with van der Waals surface area (Å²) in [5.41, 5.74) is 6.17. The van der Waals surface area contributed by atoms with E-state index in [-0.39, 0.29) is 0 Å². The third-order valence-electron chi connectivity index (χ3n) is 4.57. The lowest BCUT2D eigenvalue weighted by Crippen LogP contribution is -2.25. The summed E-state index contributed by atoms with van der Waals surface area (Å²) in [6.45, 7) is 0. The van der Waals surface area contributed by atoms with E-state index in [0.29, 0.717) is 6.04 Å². The van der Waals surface area contributed by atoms with Crippen molar-refractivity contribution < 1.29 is 0 Å². The number of rotatable bonds is 1. The summed E-state index contributed by atoms with van der Waals surface area (Å²) in [6.07, 6.45) is 15.8. The zero-order valence-electron chi connectivity index (χ0n) is 10.1. The van der Waals surface area contributed by atoms with Crippen LogP contribution in [-0.4, -0.2) is 6.04 Å². The van der Waals surface area contributed by atoms with Gasteiger partial charge < -0.3 is 5.73 Å². The lowest BCUT2D eigenvalue weighted by molar-refractivity contribution is 0.260. The van der Waals surface area contributed by atoms with Gasteiger partial charge in [-0.1, -0.05) is 57.8 Å². The van der Waals surface area contributed by atoms with Gasteiger partial charge in [-0.2, -0.15) is 0 Å². The molecule has 1 heteroatoms. The zero-order valence-corrected chi connectivity index (χ0v) is 10.1. The van der Waals surface area contributed by atoms with Crippen molar-refractivity contribution >= 4 is 0 Å². The second-order valence-electron chi connectivity index (χ2n) is 5.79. The predicted octanol–water partition coefficient (Wildman–Crippen LogP) is 3.86. The molecular formula is C14H27N. The number of hydrogen-bond donors (Lipinski definition) is 1. The van der Waals surface area contributed by atoms with Crippen LogP contribution in [0, 0.1) is 11.8 Å². The van der Waals surface area contributed by atoms with Gasteiger partial charge in [0.1, 0.15) is 0 Å². The third kappa shape index (κ3) is 3.48. The first kappa shape index (κ1) is 11.4. The highest BCUT2D eigenvalue weighted by atomic mass is 14.6. The van der Waals surface area contributed by atoms with Crippen LogP contribution in [0.4, 0.5) is 0 Å². The first-order chi connectivity index (χ1) is 7.36. The van der Waals surface area contributed by atoms with Crippen molar-refractivity contribution in [3.05, 3.63) is 0 Å². The highest BCUT2D eigenvalue weighted by Gasteiger charge is 2.25. The van der Waals surface area contributed by atoms with E-state index in [0.717, 1.165) is 11.8 Å². The van der Waals surface area contributed by atoms with E-state index in [1.165, 1.54) is 70.6 Å². The van der Waals surface area contributed by atoms with Crippen molar-refractivity contribution in [3.8, 4) is 0 Å². The monoisotopic (exact) mass is 209 g/mol. The van der Waals surface area contributed by atoms with Crippen LogP contribution in [0.5, 0.6) is 0 Å². The molecule has 0 radical (unpaired) electrons. The highest BCUT2D eigenvalue weighted by molar-refractivity contribution is 4.79. The minimum absolute atomic E-state index is 0.515.